The Balaban J connectivity index is 4.61. The van der Waals surface area contributed by atoms with Gasteiger partial charge in [-0.25, -0.2) is 4.57 Å². The van der Waals surface area contributed by atoms with Gasteiger partial charge in [0.1, 0.15) is 19.8 Å². The standard InChI is InChI=1S/C34H58NO8P/c1-6-8-10-12-14-15-16-17-18-19-21-23-25-27-34(37)43-32(31-42-44(38,39)41-29-28-35(3,4)5)30-40-33(36)26-24-22-20-13-11-9-7-2/h8-12,14-16,20,22,32H,6-7,13,17-19,21,23-31H2,1-5H3/p+1/b10-8+,11-9+,14-12+,16-15+,22-20+. The number of nitrogens with zero attached hydrogens (tertiary/aromatic N) is 1. The van der Waals surface area contributed by atoms with Crippen molar-refractivity contribution in [2.24, 2.45) is 0 Å². The van der Waals surface area contributed by atoms with E-state index >= 15 is 0 Å². The lowest BCUT2D eigenvalue weighted by Gasteiger charge is -2.24. The van der Waals surface area contributed by atoms with Crippen molar-refractivity contribution in [1.29, 1.82) is 0 Å². The first kappa shape index (κ1) is 41.7. The van der Waals surface area contributed by atoms with E-state index in [4.69, 9.17) is 18.5 Å². The Morgan fingerprint density at radius 3 is 2.09 bits per heavy atom. The van der Waals surface area contributed by atoms with E-state index in [1.807, 2.05) is 51.5 Å². The second-order valence-electron chi connectivity index (χ2n) is 11.5. The Kier molecular flexibility index (Phi) is 25.6. The number of unbranched alkanes of at least 4 members (excludes halogenated alkanes) is 5. The van der Waals surface area contributed by atoms with Gasteiger partial charge >= 0.3 is 19.8 Å². The highest BCUT2D eigenvalue weighted by molar-refractivity contribution is 7.47. The van der Waals surface area contributed by atoms with Gasteiger partial charge in [-0.3, -0.25) is 18.6 Å². The zero-order valence-corrected chi connectivity index (χ0v) is 28.8. The molecule has 1 N–H and O–H groups in total. The average molecular weight is 641 g/mol. The first-order chi connectivity index (χ1) is 21.0. The predicted octanol–water partition coefficient (Wildman–Crippen LogP) is 7.78. The zero-order chi connectivity index (χ0) is 32.9. The average Bonchev–Trinajstić information content (AvgIpc) is 2.95. The number of quaternary nitrogens is 1. The Morgan fingerprint density at radius 2 is 1.39 bits per heavy atom. The van der Waals surface area contributed by atoms with Gasteiger partial charge in [-0.1, -0.05) is 93.9 Å². The van der Waals surface area contributed by atoms with Gasteiger partial charge in [0.15, 0.2) is 6.10 Å². The maximum atomic E-state index is 12.5. The predicted molar refractivity (Wildman–Crippen MR) is 178 cm³/mol. The normalized spacial score (nSPS) is 14.8. The maximum Gasteiger partial charge on any atom is 0.472 e. The van der Waals surface area contributed by atoms with Crippen LogP contribution in [0.2, 0.25) is 0 Å². The smallest absolute Gasteiger partial charge is 0.462 e. The van der Waals surface area contributed by atoms with Crippen LogP contribution >= 0.6 is 7.82 Å². The highest BCUT2D eigenvalue weighted by Gasteiger charge is 2.27. The molecule has 252 valence electrons. The van der Waals surface area contributed by atoms with Crippen molar-refractivity contribution in [1.82, 2.24) is 0 Å². The van der Waals surface area contributed by atoms with Gasteiger partial charge in [0.05, 0.1) is 27.7 Å². The zero-order valence-electron chi connectivity index (χ0n) is 27.9. The van der Waals surface area contributed by atoms with Crippen LogP contribution in [0.3, 0.4) is 0 Å². The van der Waals surface area contributed by atoms with Crippen LogP contribution in [-0.4, -0.2) is 74.9 Å². The fourth-order valence-corrected chi connectivity index (χ4v) is 4.34. The molecular weight excluding hydrogens is 581 g/mol. The number of allylic oxidation sites excluding steroid dienone is 10. The molecule has 9 nitrogen and oxygen atoms in total. The number of carbonyl (C=O) groups excluding carboxylic acids is 2. The fourth-order valence-electron chi connectivity index (χ4n) is 3.60. The minimum absolute atomic E-state index is 0.0163. The highest BCUT2D eigenvalue weighted by Crippen LogP contribution is 2.43. The summed E-state index contributed by atoms with van der Waals surface area (Å²) in [4.78, 5) is 34.8. The molecule has 2 unspecified atom stereocenters. The minimum atomic E-state index is -4.38. The summed E-state index contributed by atoms with van der Waals surface area (Å²) in [6.45, 7) is 3.98. The second kappa shape index (κ2) is 27.1. The first-order valence-corrected chi connectivity index (χ1v) is 17.5. The molecule has 0 aliphatic carbocycles. The van der Waals surface area contributed by atoms with Crippen LogP contribution in [0.15, 0.2) is 60.8 Å². The highest BCUT2D eigenvalue weighted by atomic mass is 31.2. The largest absolute Gasteiger partial charge is 0.472 e. The van der Waals surface area contributed by atoms with E-state index in [1.165, 1.54) is 0 Å². The molecule has 0 rings (SSSR count). The molecule has 10 heteroatoms. The van der Waals surface area contributed by atoms with Crippen molar-refractivity contribution in [3.8, 4) is 0 Å². The molecule has 0 fully saturated rings. The second-order valence-corrected chi connectivity index (χ2v) is 12.9. The molecule has 44 heavy (non-hydrogen) atoms. The van der Waals surface area contributed by atoms with Crippen molar-refractivity contribution in [2.75, 3.05) is 47.5 Å². The molecule has 0 radical (unpaired) electrons. The van der Waals surface area contributed by atoms with Gasteiger partial charge in [-0.15, -0.1) is 0 Å². The molecule has 0 aromatic rings. The van der Waals surface area contributed by atoms with Gasteiger partial charge in [0.25, 0.3) is 0 Å². The van der Waals surface area contributed by atoms with Crippen LogP contribution < -0.4 is 0 Å². The number of esters is 2. The number of hydrogen-bond acceptors (Lipinski definition) is 7. The van der Waals surface area contributed by atoms with Crippen LogP contribution in [0.25, 0.3) is 0 Å². The molecule has 0 saturated carbocycles. The summed E-state index contributed by atoms with van der Waals surface area (Å²) in [5.41, 5.74) is 0. The molecule has 0 bridgehead atoms. The van der Waals surface area contributed by atoms with Gasteiger partial charge in [0, 0.05) is 12.8 Å². The summed E-state index contributed by atoms with van der Waals surface area (Å²) in [6.07, 6.45) is 28.9. The number of phosphoric acid groups is 1. The van der Waals surface area contributed by atoms with Gasteiger partial charge < -0.3 is 18.9 Å². The van der Waals surface area contributed by atoms with E-state index in [0.717, 1.165) is 51.4 Å². The van der Waals surface area contributed by atoms with Crippen molar-refractivity contribution >= 4 is 19.8 Å². The molecule has 0 aromatic heterocycles. The minimum Gasteiger partial charge on any atom is -0.462 e. The molecule has 2 atom stereocenters. The summed E-state index contributed by atoms with van der Waals surface area (Å²) in [7, 11) is 1.42. The lowest BCUT2D eigenvalue weighted by atomic mass is 10.1. The molecule has 0 aliphatic rings. The van der Waals surface area contributed by atoms with Crippen LogP contribution in [0, 0.1) is 0 Å². The Bertz CT molecular complexity index is 949. The third-order valence-electron chi connectivity index (χ3n) is 6.12. The molecular formula is C34H59NO8P+. The Hall–Kier alpha value is -2.29. The van der Waals surface area contributed by atoms with Crippen LogP contribution in [0.5, 0.6) is 0 Å². The van der Waals surface area contributed by atoms with Gasteiger partial charge in [-0.2, -0.15) is 0 Å². The van der Waals surface area contributed by atoms with Crippen molar-refractivity contribution in [2.45, 2.75) is 97.0 Å². The lowest BCUT2D eigenvalue weighted by molar-refractivity contribution is -0.870. The topological polar surface area (TPSA) is 108 Å². The summed E-state index contributed by atoms with van der Waals surface area (Å²) in [6, 6.07) is 0. The van der Waals surface area contributed by atoms with Gasteiger partial charge in [0.2, 0.25) is 0 Å². The third kappa shape index (κ3) is 29.8. The van der Waals surface area contributed by atoms with Crippen LogP contribution in [0.4, 0.5) is 0 Å². The number of carbonyl (C=O) groups is 2. The molecule has 0 aromatic carbocycles. The Morgan fingerprint density at radius 1 is 0.727 bits per heavy atom. The molecule has 0 spiro atoms. The fraction of sp³-hybridized carbons (Fsp3) is 0.647. The molecule has 0 saturated heterocycles. The van der Waals surface area contributed by atoms with Crippen molar-refractivity contribution in [3.63, 3.8) is 0 Å². The summed E-state index contributed by atoms with van der Waals surface area (Å²) >= 11 is 0. The molecule has 0 heterocycles. The molecule has 0 amide bonds. The first-order valence-electron chi connectivity index (χ1n) is 16.0. The maximum absolute atomic E-state index is 12.5. The van der Waals surface area contributed by atoms with E-state index in [2.05, 4.69) is 44.2 Å². The van der Waals surface area contributed by atoms with Crippen LogP contribution in [0.1, 0.15) is 90.9 Å². The van der Waals surface area contributed by atoms with E-state index in [0.29, 0.717) is 23.9 Å². The Labute approximate surface area is 266 Å². The SMILES string of the molecule is CC/C=C/C=C/C=C/CCCCCCCC(=O)OC(COC(=O)CC/C=C/C/C=C/CC)COP(=O)(O)OCC[N+](C)(C)C. The van der Waals surface area contributed by atoms with E-state index in [-0.39, 0.29) is 26.1 Å². The summed E-state index contributed by atoms with van der Waals surface area (Å²) < 4.78 is 33.8. The van der Waals surface area contributed by atoms with Crippen molar-refractivity contribution in [3.05, 3.63) is 60.8 Å². The summed E-state index contributed by atoms with van der Waals surface area (Å²) in [5, 5.41) is 0. The molecule has 0 aliphatic heterocycles. The number of phosphoric ester groups is 1. The number of rotatable bonds is 27. The third-order valence-corrected chi connectivity index (χ3v) is 7.10. The number of ether oxygens (including phenoxy) is 2. The van der Waals surface area contributed by atoms with Gasteiger partial charge in [-0.05, 0) is 44.9 Å². The lowest BCUT2D eigenvalue weighted by Crippen LogP contribution is -2.37. The van der Waals surface area contributed by atoms with E-state index in [1.54, 1.807) is 0 Å². The monoisotopic (exact) mass is 640 g/mol. The van der Waals surface area contributed by atoms with E-state index in [9.17, 15) is 19.0 Å². The van der Waals surface area contributed by atoms with Crippen LogP contribution in [-0.2, 0) is 32.7 Å². The van der Waals surface area contributed by atoms with E-state index < -0.39 is 32.5 Å². The van der Waals surface area contributed by atoms with Crippen molar-refractivity contribution < 1.29 is 42.1 Å². The number of likely N-dealkylation sites (N-methyl/N-ethyl adjacent to an activating group) is 1. The summed E-state index contributed by atoms with van der Waals surface area (Å²) in [5.74, 6) is -0.923. The quantitative estimate of drug-likeness (QED) is 0.0242. The number of hydrogen-bond donors (Lipinski definition) is 1.